The molecule has 2 amide bonds. The SMILES string of the molecule is Cc1ccc([C@@H](C(=O)Nc2ccc(F)cc2)N(C(=O)Cn2nnc3ccccc32)C2CC2)cc1. The second-order valence-corrected chi connectivity index (χ2v) is 8.58. The predicted molar refractivity (Wildman–Crippen MR) is 126 cm³/mol. The minimum Gasteiger partial charge on any atom is -0.324 e. The lowest BCUT2D eigenvalue weighted by atomic mass is 10.0. The number of hydrogen-bond donors (Lipinski definition) is 1. The maximum atomic E-state index is 13.6. The Labute approximate surface area is 196 Å². The van der Waals surface area contributed by atoms with Crippen LogP contribution in [0.2, 0.25) is 0 Å². The minimum atomic E-state index is -0.833. The highest BCUT2D eigenvalue weighted by atomic mass is 19.1. The van der Waals surface area contributed by atoms with Gasteiger partial charge in [-0.2, -0.15) is 0 Å². The number of amides is 2. The molecule has 5 rings (SSSR count). The van der Waals surface area contributed by atoms with Crippen LogP contribution in [0.1, 0.15) is 30.0 Å². The number of halogens is 1. The van der Waals surface area contributed by atoms with Crippen molar-refractivity contribution < 1.29 is 14.0 Å². The minimum absolute atomic E-state index is 0.0246. The third kappa shape index (κ3) is 4.52. The van der Waals surface area contributed by atoms with Gasteiger partial charge in [-0.25, -0.2) is 9.07 Å². The van der Waals surface area contributed by atoms with Gasteiger partial charge in [-0.05, 0) is 61.7 Å². The Bertz CT molecular complexity index is 1330. The molecule has 4 aromatic rings. The number of rotatable bonds is 7. The quantitative estimate of drug-likeness (QED) is 0.450. The molecule has 1 aliphatic carbocycles. The van der Waals surface area contributed by atoms with Crippen LogP contribution in [-0.2, 0) is 16.1 Å². The van der Waals surface area contributed by atoms with Crippen LogP contribution in [0.3, 0.4) is 0 Å². The average Bonchev–Trinajstić information content (AvgIpc) is 3.60. The summed E-state index contributed by atoms with van der Waals surface area (Å²) in [6.45, 7) is 1.94. The van der Waals surface area contributed by atoms with Gasteiger partial charge in [-0.3, -0.25) is 9.59 Å². The smallest absolute Gasteiger partial charge is 0.251 e. The highest BCUT2D eigenvalue weighted by molar-refractivity contribution is 5.98. The zero-order valence-corrected chi connectivity index (χ0v) is 18.7. The van der Waals surface area contributed by atoms with Crippen molar-refractivity contribution in [1.29, 1.82) is 0 Å². The van der Waals surface area contributed by atoms with Crippen molar-refractivity contribution in [2.45, 2.75) is 38.4 Å². The van der Waals surface area contributed by atoms with Gasteiger partial charge in [0, 0.05) is 11.7 Å². The van der Waals surface area contributed by atoms with E-state index in [4.69, 9.17) is 0 Å². The van der Waals surface area contributed by atoms with Gasteiger partial charge >= 0.3 is 0 Å². The van der Waals surface area contributed by atoms with Crippen molar-refractivity contribution >= 4 is 28.5 Å². The molecular weight excluding hydrogens is 433 g/mol. The van der Waals surface area contributed by atoms with E-state index in [2.05, 4.69) is 15.6 Å². The van der Waals surface area contributed by atoms with E-state index >= 15 is 0 Å². The summed E-state index contributed by atoms with van der Waals surface area (Å²) in [6, 6.07) is 19.8. The number of aryl methyl sites for hydroxylation is 1. The van der Waals surface area contributed by atoms with Gasteiger partial charge in [-0.15, -0.1) is 5.10 Å². The normalized spacial score (nSPS) is 14.1. The monoisotopic (exact) mass is 457 g/mol. The first kappa shape index (κ1) is 21.8. The Morgan fingerprint density at radius 1 is 1.06 bits per heavy atom. The Kier molecular flexibility index (Phi) is 5.79. The van der Waals surface area contributed by atoms with Crippen LogP contribution in [0.5, 0.6) is 0 Å². The molecule has 0 aliphatic heterocycles. The fraction of sp³-hybridized carbons (Fsp3) is 0.231. The summed E-state index contributed by atoms with van der Waals surface area (Å²) in [5.74, 6) is -0.944. The summed E-state index contributed by atoms with van der Waals surface area (Å²) in [5.41, 5.74) is 3.70. The molecule has 1 saturated carbocycles. The van der Waals surface area contributed by atoms with E-state index in [9.17, 15) is 14.0 Å². The molecule has 1 atom stereocenters. The van der Waals surface area contributed by atoms with Crippen molar-refractivity contribution in [2.24, 2.45) is 0 Å². The van der Waals surface area contributed by atoms with Crippen LogP contribution in [0.4, 0.5) is 10.1 Å². The van der Waals surface area contributed by atoms with Gasteiger partial charge in [0.15, 0.2) is 0 Å². The van der Waals surface area contributed by atoms with E-state index in [1.807, 2.05) is 55.5 Å². The number of aromatic nitrogens is 3. The summed E-state index contributed by atoms with van der Waals surface area (Å²) in [7, 11) is 0. The topological polar surface area (TPSA) is 80.1 Å². The van der Waals surface area contributed by atoms with Crippen molar-refractivity contribution in [1.82, 2.24) is 19.9 Å². The molecule has 1 fully saturated rings. The summed E-state index contributed by atoms with van der Waals surface area (Å²) in [6.07, 6.45) is 1.66. The number of para-hydroxylation sites is 1. The molecule has 3 aromatic carbocycles. The van der Waals surface area contributed by atoms with Gasteiger partial charge in [0.05, 0.1) is 5.52 Å². The zero-order valence-electron chi connectivity index (χ0n) is 18.7. The summed E-state index contributed by atoms with van der Waals surface area (Å²) < 4.78 is 14.9. The Balaban J connectivity index is 1.48. The van der Waals surface area contributed by atoms with E-state index in [0.717, 1.165) is 23.9 Å². The Morgan fingerprint density at radius 3 is 2.47 bits per heavy atom. The third-order valence-corrected chi connectivity index (χ3v) is 5.96. The number of nitrogens with zero attached hydrogens (tertiary/aromatic N) is 4. The van der Waals surface area contributed by atoms with Crippen LogP contribution in [-0.4, -0.2) is 37.7 Å². The summed E-state index contributed by atoms with van der Waals surface area (Å²) in [5, 5.41) is 11.1. The van der Waals surface area contributed by atoms with E-state index in [1.165, 1.54) is 24.3 Å². The molecule has 8 heteroatoms. The number of anilines is 1. The second kappa shape index (κ2) is 9.05. The molecule has 1 aliphatic rings. The molecule has 0 radical (unpaired) electrons. The number of carbonyl (C=O) groups is 2. The average molecular weight is 458 g/mol. The van der Waals surface area contributed by atoms with Gasteiger partial charge in [0.25, 0.3) is 5.91 Å². The van der Waals surface area contributed by atoms with E-state index < -0.39 is 6.04 Å². The van der Waals surface area contributed by atoms with Crippen LogP contribution in [0, 0.1) is 12.7 Å². The van der Waals surface area contributed by atoms with E-state index in [0.29, 0.717) is 16.8 Å². The lowest BCUT2D eigenvalue weighted by Gasteiger charge is -2.31. The highest BCUT2D eigenvalue weighted by Gasteiger charge is 2.41. The lowest BCUT2D eigenvalue weighted by molar-refractivity contribution is -0.140. The summed E-state index contributed by atoms with van der Waals surface area (Å²) >= 11 is 0. The zero-order chi connectivity index (χ0) is 23.7. The molecule has 34 heavy (non-hydrogen) atoms. The molecule has 1 heterocycles. The molecule has 172 valence electrons. The molecule has 0 bridgehead atoms. The van der Waals surface area contributed by atoms with Gasteiger partial charge in [0.2, 0.25) is 5.91 Å². The standard InChI is InChI=1S/C26H24FN5O2/c1-17-6-8-18(9-7-17)25(26(34)28-20-12-10-19(27)11-13-20)32(21-14-15-21)24(33)16-31-23-5-3-2-4-22(23)29-30-31/h2-13,21,25H,14-16H2,1H3,(H,28,34)/t25-/m0/s1. The molecular formula is C26H24FN5O2. The maximum absolute atomic E-state index is 13.6. The first-order valence-electron chi connectivity index (χ1n) is 11.2. The maximum Gasteiger partial charge on any atom is 0.251 e. The number of fused-ring (bicyclic) bond motifs is 1. The van der Waals surface area contributed by atoms with Crippen molar-refractivity contribution in [3.8, 4) is 0 Å². The number of carbonyl (C=O) groups excluding carboxylic acids is 2. The van der Waals surface area contributed by atoms with E-state index in [1.54, 1.807) is 9.58 Å². The van der Waals surface area contributed by atoms with Crippen LogP contribution in [0.15, 0.2) is 72.8 Å². The molecule has 0 saturated heterocycles. The van der Waals surface area contributed by atoms with Crippen LogP contribution >= 0.6 is 0 Å². The fourth-order valence-electron chi connectivity index (χ4n) is 4.09. The largest absolute Gasteiger partial charge is 0.324 e. The van der Waals surface area contributed by atoms with Gasteiger partial charge in [-0.1, -0.05) is 47.2 Å². The van der Waals surface area contributed by atoms with Crippen molar-refractivity contribution in [2.75, 3.05) is 5.32 Å². The van der Waals surface area contributed by atoms with Crippen LogP contribution in [0.25, 0.3) is 11.0 Å². The summed E-state index contributed by atoms with van der Waals surface area (Å²) in [4.78, 5) is 28.8. The number of hydrogen-bond acceptors (Lipinski definition) is 4. The fourth-order valence-corrected chi connectivity index (χ4v) is 4.09. The van der Waals surface area contributed by atoms with Crippen LogP contribution < -0.4 is 5.32 Å². The molecule has 1 N–H and O–H groups in total. The van der Waals surface area contributed by atoms with Crippen molar-refractivity contribution in [3.63, 3.8) is 0 Å². The van der Waals surface area contributed by atoms with Gasteiger partial charge < -0.3 is 10.2 Å². The molecule has 0 unspecified atom stereocenters. The second-order valence-electron chi connectivity index (χ2n) is 8.58. The molecule has 1 aromatic heterocycles. The molecule has 0 spiro atoms. The molecule has 7 nitrogen and oxygen atoms in total. The first-order valence-corrected chi connectivity index (χ1v) is 11.2. The number of nitrogens with one attached hydrogen (secondary N) is 1. The third-order valence-electron chi connectivity index (χ3n) is 5.96. The first-order chi connectivity index (χ1) is 16.5. The predicted octanol–water partition coefficient (Wildman–Crippen LogP) is 4.25. The number of benzene rings is 3. The van der Waals surface area contributed by atoms with Crippen molar-refractivity contribution in [3.05, 3.63) is 89.7 Å². The lowest BCUT2D eigenvalue weighted by Crippen LogP contribution is -2.44. The Hall–Kier alpha value is -4.07. The van der Waals surface area contributed by atoms with E-state index in [-0.39, 0.29) is 30.2 Å². The highest BCUT2D eigenvalue weighted by Crippen LogP contribution is 2.36. The van der Waals surface area contributed by atoms with Gasteiger partial charge in [0.1, 0.15) is 23.9 Å². The Morgan fingerprint density at radius 2 is 1.76 bits per heavy atom.